The van der Waals surface area contributed by atoms with Gasteiger partial charge in [0.2, 0.25) is 5.91 Å². The van der Waals surface area contributed by atoms with Gasteiger partial charge in [-0.25, -0.2) is 18.4 Å². The molecule has 0 unspecified atom stereocenters. The molecule has 0 atom stereocenters. The van der Waals surface area contributed by atoms with Crippen molar-refractivity contribution in [3.8, 4) is 11.1 Å². The zero-order valence-electron chi connectivity index (χ0n) is 19.5. The van der Waals surface area contributed by atoms with Crippen LogP contribution >= 0.6 is 11.6 Å². The van der Waals surface area contributed by atoms with Crippen LogP contribution in [-0.2, 0) is 17.9 Å². The third-order valence-electron chi connectivity index (χ3n) is 5.87. The minimum Gasteiger partial charge on any atom is -0.308 e. The molecule has 0 aliphatic heterocycles. The van der Waals surface area contributed by atoms with Gasteiger partial charge in [0.1, 0.15) is 18.2 Å². The number of benzene rings is 2. The molecule has 3 heterocycles. The van der Waals surface area contributed by atoms with E-state index in [1.165, 1.54) is 22.9 Å². The molecule has 36 heavy (non-hydrogen) atoms. The van der Waals surface area contributed by atoms with Gasteiger partial charge in [0.25, 0.3) is 0 Å². The normalized spacial score (nSPS) is 11.2. The van der Waals surface area contributed by atoms with Crippen LogP contribution in [0.2, 0.25) is 5.02 Å². The first-order valence-electron chi connectivity index (χ1n) is 11.2. The van der Waals surface area contributed by atoms with Crippen LogP contribution in [-0.4, -0.2) is 30.5 Å². The molecular formula is C26H21ClF2N6O. The van der Waals surface area contributed by atoms with Crippen LogP contribution in [0.25, 0.3) is 22.2 Å². The van der Waals surface area contributed by atoms with Crippen LogP contribution in [0, 0.1) is 25.5 Å². The highest BCUT2D eigenvalue weighted by Crippen LogP contribution is 2.30. The Labute approximate surface area is 210 Å². The Morgan fingerprint density at radius 1 is 1.03 bits per heavy atom. The van der Waals surface area contributed by atoms with Crippen LogP contribution in [0.1, 0.15) is 17.0 Å². The van der Waals surface area contributed by atoms with Gasteiger partial charge in [0.05, 0.1) is 12.2 Å². The lowest BCUT2D eigenvalue weighted by Gasteiger charge is -2.08. The van der Waals surface area contributed by atoms with Crippen molar-refractivity contribution in [1.29, 1.82) is 0 Å². The van der Waals surface area contributed by atoms with Crippen molar-refractivity contribution in [1.82, 2.24) is 24.5 Å². The summed E-state index contributed by atoms with van der Waals surface area (Å²) < 4.78 is 30.7. The lowest BCUT2D eigenvalue weighted by atomic mass is 10.0. The van der Waals surface area contributed by atoms with E-state index in [2.05, 4.69) is 20.5 Å². The summed E-state index contributed by atoms with van der Waals surface area (Å²) in [6.07, 6.45) is 1.63. The topological polar surface area (TPSA) is 77.6 Å². The van der Waals surface area contributed by atoms with Gasteiger partial charge in [-0.1, -0.05) is 29.8 Å². The van der Waals surface area contributed by atoms with E-state index < -0.39 is 5.82 Å². The molecule has 0 aliphatic carbocycles. The number of hydrogen-bond acceptors (Lipinski definition) is 4. The molecule has 5 aromatic rings. The zero-order chi connectivity index (χ0) is 25.4. The molecule has 0 saturated heterocycles. The van der Waals surface area contributed by atoms with E-state index in [0.29, 0.717) is 27.7 Å². The second kappa shape index (κ2) is 9.50. The van der Waals surface area contributed by atoms with Crippen LogP contribution in [0.4, 0.5) is 14.6 Å². The number of fused-ring (bicyclic) bond motifs is 1. The predicted octanol–water partition coefficient (Wildman–Crippen LogP) is 5.53. The van der Waals surface area contributed by atoms with E-state index in [9.17, 15) is 13.6 Å². The lowest BCUT2D eigenvalue weighted by Crippen LogP contribution is -2.20. The summed E-state index contributed by atoms with van der Waals surface area (Å²) >= 11 is 6.14. The summed E-state index contributed by atoms with van der Waals surface area (Å²) in [5.74, 6) is -0.751. The Hall–Kier alpha value is -4.11. The molecule has 2 aromatic carbocycles. The molecule has 182 valence electrons. The summed E-state index contributed by atoms with van der Waals surface area (Å²) in [5.41, 5.74) is 3.98. The lowest BCUT2D eigenvalue weighted by molar-refractivity contribution is -0.116. The average molecular weight is 507 g/mol. The number of anilines is 1. The van der Waals surface area contributed by atoms with Gasteiger partial charge >= 0.3 is 0 Å². The first-order valence-corrected chi connectivity index (χ1v) is 11.5. The van der Waals surface area contributed by atoms with E-state index in [1.54, 1.807) is 41.2 Å². The number of nitrogens with one attached hydrogen (secondary N) is 1. The second-order valence-corrected chi connectivity index (χ2v) is 8.79. The molecule has 0 saturated carbocycles. The summed E-state index contributed by atoms with van der Waals surface area (Å²) in [4.78, 5) is 17.3. The summed E-state index contributed by atoms with van der Waals surface area (Å²) in [7, 11) is 0. The highest BCUT2D eigenvalue weighted by molar-refractivity contribution is 6.31. The largest absolute Gasteiger partial charge is 0.308 e. The van der Waals surface area contributed by atoms with Crippen molar-refractivity contribution in [3.05, 3.63) is 94.4 Å². The fraction of sp³-hybridized carbons (Fsp3) is 0.154. The highest BCUT2D eigenvalue weighted by atomic mass is 35.5. The van der Waals surface area contributed by atoms with Crippen molar-refractivity contribution in [2.75, 3.05) is 5.32 Å². The molecule has 0 fully saturated rings. The van der Waals surface area contributed by atoms with E-state index in [-0.39, 0.29) is 24.8 Å². The smallest absolute Gasteiger partial charge is 0.247 e. The molecule has 0 radical (unpaired) electrons. The number of rotatable bonds is 6. The minimum absolute atomic E-state index is 0.0880. The molecule has 5 rings (SSSR count). The van der Waals surface area contributed by atoms with Crippen LogP contribution < -0.4 is 5.32 Å². The number of carbonyl (C=O) groups excluding carboxylic acids is 1. The van der Waals surface area contributed by atoms with Crippen LogP contribution in [0.15, 0.2) is 60.8 Å². The number of nitrogens with zero attached hydrogens (tertiary/aromatic N) is 5. The van der Waals surface area contributed by atoms with E-state index in [0.717, 1.165) is 22.2 Å². The second-order valence-electron chi connectivity index (χ2n) is 8.38. The number of aryl methyl sites for hydroxylation is 2. The monoisotopic (exact) mass is 506 g/mol. The van der Waals surface area contributed by atoms with E-state index in [1.807, 2.05) is 19.9 Å². The minimum atomic E-state index is -0.420. The summed E-state index contributed by atoms with van der Waals surface area (Å²) in [6, 6.07) is 14.2. The predicted molar refractivity (Wildman–Crippen MR) is 134 cm³/mol. The SMILES string of the molecule is Cc1nn(CC(=O)Nc2cc(C)n(Cc3c(F)cccc3Cl)n2)c2nccc(-c3ccc(F)cc3)c12. The van der Waals surface area contributed by atoms with Crippen LogP contribution in [0.5, 0.6) is 0 Å². The highest BCUT2D eigenvalue weighted by Gasteiger charge is 2.17. The average Bonchev–Trinajstić information content (AvgIpc) is 3.35. The quantitative estimate of drug-likeness (QED) is 0.328. The van der Waals surface area contributed by atoms with Crippen molar-refractivity contribution in [2.45, 2.75) is 26.9 Å². The molecule has 0 aliphatic rings. The Bertz CT molecular complexity index is 1570. The molecule has 1 amide bonds. The Morgan fingerprint density at radius 3 is 2.56 bits per heavy atom. The van der Waals surface area contributed by atoms with Crippen molar-refractivity contribution < 1.29 is 13.6 Å². The fourth-order valence-corrected chi connectivity index (χ4v) is 4.37. The number of carbonyl (C=O) groups is 1. The van der Waals surface area contributed by atoms with Gasteiger partial charge in [0.15, 0.2) is 11.5 Å². The van der Waals surface area contributed by atoms with Crippen molar-refractivity contribution >= 4 is 34.4 Å². The van der Waals surface area contributed by atoms with E-state index >= 15 is 0 Å². The van der Waals surface area contributed by atoms with Gasteiger partial charge in [-0.15, -0.1) is 0 Å². The number of amides is 1. The van der Waals surface area contributed by atoms with Gasteiger partial charge in [0, 0.05) is 33.9 Å². The number of aromatic nitrogens is 5. The van der Waals surface area contributed by atoms with Crippen molar-refractivity contribution in [3.63, 3.8) is 0 Å². The molecule has 7 nitrogen and oxygen atoms in total. The van der Waals surface area contributed by atoms with Gasteiger partial charge in [-0.2, -0.15) is 10.2 Å². The molecule has 10 heteroatoms. The Kier molecular flexibility index (Phi) is 6.24. The maximum Gasteiger partial charge on any atom is 0.247 e. The molecule has 0 spiro atoms. The Morgan fingerprint density at radius 2 is 1.81 bits per heavy atom. The fourth-order valence-electron chi connectivity index (χ4n) is 4.14. The summed E-state index contributed by atoms with van der Waals surface area (Å²) in [5, 5.41) is 12.8. The molecule has 0 bridgehead atoms. The third-order valence-corrected chi connectivity index (χ3v) is 6.23. The third kappa shape index (κ3) is 4.57. The van der Waals surface area contributed by atoms with E-state index in [4.69, 9.17) is 11.6 Å². The van der Waals surface area contributed by atoms with Crippen molar-refractivity contribution in [2.24, 2.45) is 0 Å². The van der Waals surface area contributed by atoms with Gasteiger partial charge in [-0.3, -0.25) is 9.48 Å². The maximum atomic E-state index is 14.2. The van der Waals surface area contributed by atoms with Gasteiger partial charge in [-0.05, 0) is 55.3 Å². The number of halogens is 3. The molecule has 3 aromatic heterocycles. The molecular weight excluding hydrogens is 486 g/mol. The first kappa shape index (κ1) is 23.6. The zero-order valence-corrected chi connectivity index (χ0v) is 20.2. The number of pyridine rings is 1. The number of hydrogen-bond donors (Lipinski definition) is 1. The first-order chi connectivity index (χ1) is 17.3. The summed E-state index contributed by atoms with van der Waals surface area (Å²) in [6.45, 7) is 3.69. The Balaban J connectivity index is 1.36. The standard InChI is InChI=1S/C26H21ClF2N6O/c1-15-12-23(33-34(15)13-20-21(27)4-3-5-22(20)29)31-24(36)14-35-26-25(16(2)32-35)19(10-11-30-26)17-6-8-18(28)9-7-17/h3-12H,13-14H2,1-2H3,(H,31,33,36). The van der Waals surface area contributed by atoms with Crippen LogP contribution in [0.3, 0.4) is 0 Å². The molecule has 1 N–H and O–H groups in total. The van der Waals surface area contributed by atoms with Gasteiger partial charge < -0.3 is 5.32 Å². The maximum absolute atomic E-state index is 14.2.